The molecule has 2 fully saturated rings. The third-order valence-electron chi connectivity index (χ3n) is 6.86. The van der Waals surface area contributed by atoms with E-state index in [-0.39, 0.29) is 23.6 Å². The largest absolute Gasteiger partial charge is 0.385 e. The average Bonchev–Trinajstić information content (AvgIpc) is 3.47. The van der Waals surface area contributed by atoms with Gasteiger partial charge in [-0.2, -0.15) is 0 Å². The minimum absolute atomic E-state index is 0.0862. The molecule has 0 N–H and O–H groups in total. The lowest BCUT2D eigenvalue weighted by Crippen LogP contribution is -2.49. The second kappa shape index (κ2) is 7.98. The molecular formula is C25H26N2O4S. The number of aryl methyl sites for hydroxylation is 1. The fourth-order valence-corrected chi connectivity index (χ4v) is 6.17. The number of allylic oxidation sites excluding steroid dienone is 1. The highest BCUT2D eigenvalue weighted by Gasteiger charge is 2.64. The van der Waals surface area contributed by atoms with Gasteiger partial charge in [0.25, 0.3) is 0 Å². The lowest BCUT2D eigenvalue weighted by Gasteiger charge is -2.38. The Morgan fingerprint density at radius 3 is 2.62 bits per heavy atom. The van der Waals surface area contributed by atoms with Gasteiger partial charge in [0, 0.05) is 31.5 Å². The minimum Gasteiger partial charge on any atom is -0.385 e. The Balaban J connectivity index is 1.62. The van der Waals surface area contributed by atoms with Crippen LogP contribution in [-0.2, 0) is 14.3 Å². The number of anilines is 1. The smallest absolute Gasteiger partial charge is 0.235 e. The van der Waals surface area contributed by atoms with Crippen molar-refractivity contribution in [2.24, 2.45) is 11.8 Å². The van der Waals surface area contributed by atoms with Gasteiger partial charge in [0.1, 0.15) is 6.04 Å². The van der Waals surface area contributed by atoms with Crippen molar-refractivity contribution in [3.05, 3.63) is 57.8 Å². The molecule has 3 aliphatic heterocycles. The van der Waals surface area contributed by atoms with Crippen LogP contribution < -0.4 is 4.90 Å². The van der Waals surface area contributed by atoms with E-state index in [1.165, 1.54) is 16.2 Å². The lowest BCUT2D eigenvalue weighted by molar-refractivity contribution is -0.140. The van der Waals surface area contributed by atoms with Crippen molar-refractivity contribution in [1.29, 1.82) is 0 Å². The number of fused-ring (bicyclic) bond motifs is 5. The standard InChI is InChI=1S/C25H26N2O4S/c1-14-7-8-17-16(12-14)15(2)13-18-20-21(25(30)26(24(20)29)9-5-10-31-3)22(27(17)18)23(28)19-6-4-11-32-19/h4,6-8,11-13,18,20-22H,5,9-10H2,1-3H3/t18-,20+,21+,22-/m1/s1. The van der Waals surface area contributed by atoms with Crippen molar-refractivity contribution in [3.8, 4) is 0 Å². The van der Waals surface area contributed by atoms with Gasteiger partial charge in [0.05, 0.1) is 22.8 Å². The molecule has 0 spiro atoms. The molecule has 3 aliphatic rings. The van der Waals surface area contributed by atoms with Gasteiger partial charge in [-0.3, -0.25) is 19.3 Å². The molecule has 166 valence electrons. The number of carbonyl (C=O) groups is 3. The van der Waals surface area contributed by atoms with E-state index in [2.05, 4.69) is 12.1 Å². The zero-order chi connectivity index (χ0) is 22.6. The number of methoxy groups -OCH3 is 1. The van der Waals surface area contributed by atoms with Crippen LogP contribution >= 0.6 is 11.3 Å². The van der Waals surface area contributed by atoms with Crippen molar-refractivity contribution in [2.45, 2.75) is 32.4 Å². The predicted octanol–water partition coefficient (Wildman–Crippen LogP) is 3.55. The topological polar surface area (TPSA) is 66.9 Å². The van der Waals surface area contributed by atoms with Gasteiger partial charge in [-0.25, -0.2) is 0 Å². The number of rotatable bonds is 6. The molecule has 4 heterocycles. The van der Waals surface area contributed by atoms with Gasteiger partial charge >= 0.3 is 0 Å². The molecule has 2 amide bonds. The van der Waals surface area contributed by atoms with Gasteiger partial charge in [-0.05, 0) is 49.4 Å². The van der Waals surface area contributed by atoms with Crippen LogP contribution in [-0.4, -0.2) is 54.8 Å². The summed E-state index contributed by atoms with van der Waals surface area (Å²) in [7, 11) is 1.60. The zero-order valence-corrected chi connectivity index (χ0v) is 19.2. The molecule has 6 nitrogen and oxygen atoms in total. The normalized spacial score (nSPS) is 26.2. The van der Waals surface area contributed by atoms with Crippen LogP contribution in [0.2, 0.25) is 0 Å². The highest BCUT2D eigenvalue weighted by molar-refractivity contribution is 7.12. The first-order valence-electron chi connectivity index (χ1n) is 10.9. The number of likely N-dealkylation sites (tertiary alicyclic amines) is 1. The number of carbonyl (C=O) groups excluding carboxylic acids is 3. The predicted molar refractivity (Wildman–Crippen MR) is 124 cm³/mol. The van der Waals surface area contributed by atoms with E-state index in [4.69, 9.17) is 4.74 Å². The molecule has 0 bridgehead atoms. The highest BCUT2D eigenvalue weighted by Crippen LogP contribution is 2.50. The lowest BCUT2D eigenvalue weighted by atomic mass is 9.86. The molecule has 0 unspecified atom stereocenters. The van der Waals surface area contributed by atoms with E-state index in [0.29, 0.717) is 24.4 Å². The van der Waals surface area contributed by atoms with E-state index < -0.39 is 17.9 Å². The third-order valence-corrected chi connectivity index (χ3v) is 7.74. The van der Waals surface area contributed by atoms with Crippen LogP contribution in [0.15, 0.2) is 41.8 Å². The summed E-state index contributed by atoms with van der Waals surface area (Å²) in [6, 6.07) is 8.79. The van der Waals surface area contributed by atoms with E-state index in [0.717, 1.165) is 22.4 Å². The molecule has 0 radical (unpaired) electrons. The summed E-state index contributed by atoms with van der Waals surface area (Å²) in [4.78, 5) is 44.8. The Kier molecular flexibility index (Phi) is 5.26. The summed E-state index contributed by atoms with van der Waals surface area (Å²) in [6.07, 6.45) is 2.66. The van der Waals surface area contributed by atoms with E-state index in [9.17, 15) is 14.4 Å². The second-order valence-electron chi connectivity index (χ2n) is 8.78. The first-order valence-corrected chi connectivity index (χ1v) is 11.8. The number of ketones is 1. The van der Waals surface area contributed by atoms with E-state index in [1.54, 1.807) is 13.2 Å². The van der Waals surface area contributed by atoms with Crippen molar-refractivity contribution in [1.82, 2.24) is 4.90 Å². The van der Waals surface area contributed by atoms with Crippen LogP contribution in [0.3, 0.4) is 0 Å². The number of Topliss-reactive ketones (excluding diaryl/α,β-unsaturated/α-hetero) is 1. The Hall–Kier alpha value is -2.77. The summed E-state index contributed by atoms with van der Waals surface area (Å²) in [5, 5.41) is 1.87. The van der Waals surface area contributed by atoms with Crippen LogP contribution in [0.1, 0.15) is 34.1 Å². The fraction of sp³-hybridized carbons (Fsp3) is 0.400. The van der Waals surface area contributed by atoms with Gasteiger partial charge in [-0.15, -0.1) is 11.3 Å². The average molecular weight is 451 g/mol. The maximum Gasteiger partial charge on any atom is 0.235 e. The molecule has 2 aromatic rings. The number of thiophene rings is 1. The molecule has 5 rings (SSSR count). The molecule has 1 aromatic carbocycles. The van der Waals surface area contributed by atoms with Crippen LogP contribution in [0, 0.1) is 18.8 Å². The van der Waals surface area contributed by atoms with Gasteiger partial charge < -0.3 is 9.64 Å². The Bertz CT molecular complexity index is 1120. The van der Waals surface area contributed by atoms with Crippen LogP contribution in [0.4, 0.5) is 5.69 Å². The number of imide groups is 1. The Morgan fingerprint density at radius 1 is 1.12 bits per heavy atom. The fourth-order valence-electron chi connectivity index (χ4n) is 5.47. The summed E-state index contributed by atoms with van der Waals surface area (Å²) < 4.78 is 5.10. The monoisotopic (exact) mass is 450 g/mol. The number of hydrogen-bond acceptors (Lipinski definition) is 6. The van der Waals surface area contributed by atoms with Crippen LogP contribution in [0.5, 0.6) is 0 Å². The van der Waals surface area contributed by atoms with E-state index >= 15 is 0 Å². The van der Waals surface area contributed by atoms with Gasteiger partial charge in [0.2, 0.25) is 11.8 Å². The second-order valence-corrected chi connectivity index (χ2v) is 9.73. The molecule has 1 aromatic heterocycles. The highest BCUT2D eigenvalue weighted by atomic mass is 32.1. The van der Waals surface area contributed by atoms with Crippen molar-refractivity contribution >= 4 is 40.2 Å². The first kappa shape index (κ1) is 21.1. The summed E-state index contributed by atoms with van der Waals surface area (Å²) >= 11 is 1.38. The molecule has 0 saturated carbocycles. The molecule has 2 saturated heterocycles. The van der Waals surface area contributed by atoms with Crippen LogP contribution in [0.25, 0.3) is 5.57 Å². The number of amides is 2. The third kappa shape index (κ3) is 3.06. The quantitative estimate of drug-likeness (QED) is 0.383. The summed E-state index contributed by atoms with van der Waals surface area (Å²) in [5.41, 5.74) is 4.19. The maximum absolute atomic E-state index is 13.7. The Labute approximate surface area is 191 Å². The number of nitrogens with zero attached hydrogens (tertiary/aromatic N) is 2. The van der Waals surface area contributed by atoms with E-state index in [1.807, 2.05) is 42.3 Å². The Morgan fingerprint density at radius 2 is 1.91 bits per heavy atom. The first-order chi connectivity index (χ1) is 15.4. The molecule has 7 heteroatoms. The van der Waals surface area contributed by atoms with Crippen molar-refractivity contribution in [2.75, 3.05) is 25.2 Å². The molecule has 4 atom stereocenters. The summed E-state index contributed by atoms with van der Waals surface area (Å²) in [5.74, 6) is -1.73. The van der Waals surface area contributed by atoms with Crippen molar-refractivity contribution < 1.29 is 19.1 Å². The molecule has 0 aliphatic carbocycles. The number of hydrogen-bond donors (Lipinski definition) is 0. The van der Waals surface area contributed by atoms with Gasteiger partial charge in [-0.1, -0.05) is 23.8 Å². The minimum atomic E-state index is -0.696. The maximum atomic E-state index is 13.7. The van der Waals surface area contributed by atoms with Crippen molar-refractivity contribution in [3.63, 3.8) is 0 Å². The zero-order valence-electron chi connectivity index (χ0n) is 18.4. The molecular weight excluding hydrogens is 424 g/mol. The number of benzene rings is 1. The SMILES string of the molecule is COCCCN1C(=O)[C@@H]2[C@H](C1=O)[C@H](C(=O)c1cccs1)N1c3ccc(C)cc3C(C)=C[C@H]21. The summed E-state index contributed by atoms with van der Waals surface area (Å²) in [6.45, 7) is 4.88. The molecule has 32 heavy (non-hydrogen) atoms. The van der Waals surface area contributed by atoms with Gasteiger partial charge in [0.15, 0.2) is 5.78 Å². The number of ether oxygens (including phenoxy) is 1.